The zero-order valence-corrected chi connectivity index (χ0v) is 17.5. The van der Waals surface area contributed by atoms with Gasteiger partial charge in [0.2, 0.25) is 0 Å². The minimum atomic E-state index is -4.47. The number of furan rings is 1. The zero-order valence-electron chi connectivity index (χ0n) is 17.5. The van der Waals surface area contributed by atoms with Crippen LogP contribution in [0.2, 0.25) is 0 Å². The van der Waals surface area contributed by atoms with Crippen molar-refractivity contribution in [3.63, 3.8) is 0 Å². The molecule has 0 unspecified atom stereocenters. The predicted molar refractivity (Wildman–Crippen MR) is 108 cm³/mol. The van der Waals surface area contributed by atoms with Gasteiger partial charge in [-0.05, 0) is 62.6 Å². The van der Waals surface area contributed by atoms with Crippen LogP contribution in [0.4, 0.5) is 13.2 Å². The summed E-state index contributed by atoms with van der Waals surface area (Å²) in [6.45, 7) is 6.21. The van der Waals surface area contributed by atoms with Gasteiger partial charge in [-0.3, -0.25) is 9.48 Å². The number of nitrogens with one attached hydrogen (secondary N) is 1. The highest BCUT2D eigenvalue weighted by atomic mass is 19.4. The Morgan fingerprint density at radius 3 is 2.65 bits per heavy atom. The van der Waals surface area contributed by atoms with Crippen LogP contribution in [-0.2, 0) is 19.3 Å². The van der Waals surface area contributed by atoms with Gasteiger partial charge in [0.25, 0.3) is 5.91 Å². The van der Waals surface area contributed by atoms with Crippen LogP contribution >= 0.6 is 0 Å². The Balaban J connectivity index is 1.46. The molecule has 0 atom stereocenters. The number of aryl methyl sites for hydroxylation is 4. The van der Waals surface area contributed by atoms with Gasteiger partial charge in [0.05, 0.1) is 0 Å². The first-order valence-electron chi connectivity index (χ1n) is 9.82. The summed E-state index contributed by atoms with van der Waals surface area (Å²) in [7, 11) is 0. The first-order valence-corrected chi connectivity index (χ1v) is 9.82. The minimum absolute atomic E-state index is 0.147. The van der Waals surface area contributed by atoms with E-state index in [0.29, 0.717) is 17.9 Å². The third-order valence-corrected chi connectivity index (χ3v) is 4.70. The van der Waals surface area contributed by atoms with Gasteiger partial charge in [0, 0.05) is 18.8 Å². The molecule has 1 N–H and O–H groups in total. The van der Waals surface area contributed by atoms with E-state index in [9.17, 15) is 18.0 Å². The van der Waals surface area contributed by atoms with Crippen LogP contribution in [0.15, 0.2) is 40.8 Å². The van der Waals surface area contributed by atoms with Gasteiger partial charge < -0.3 is 14.5 Å². The fraction of sp³-hybridized carbons (Fsp3) is 0.364. The molecule has 6 nitrogen and oxygen atoms in total. The van der Waals surface area contributed by atoms with Gasteiger partial charge in [0.15, 0.2) is 11.5 Å². The largest absolute Gasteiger partial charge is 0.485 e. The molecule has 0 aliphatic rings. The Labute approximate surface area is 178 Å². The lowest BCUT2D eigenvalue weighted by atomic mass is 10.1. The summed E-state index contributed by atoms with van der Waals surface area (Å²) >= 11 is 0. The summed E-state index contributed by atoms with van der Waals surface area (Å²) in [5.74, 6) is 1.02. The number of aromatic nitrogens is 2. The lowest BCUT2D eigenvalue weighted by Crippen LogP contribution is -2.25. The molecule has 0 bridgehead atoms. The van der Waals surface area contributed by atoms with Crippen LogP contribution in [0.25, 0.3) is 0 Å². The van der Waals surface area contributed by atoms with Gasteiger partial charge in [-0.25, -0.2) is 0 Å². The van der Waals surface area contributed by atoms with Crippen molar-refractivity contribution in [2.75, 3.05) is 6.54 Å². The summed E-state index contributed by atoms with van der Waals surface area (Å²) in [4.78, 5) is 12.2. The van der Waals surface area contributed by atoms with Crippen LogP contribution < -0.4 is 10.1 Å². The number of benzene rings is 1. The number of nitrogens with zero attached hydrogens (tertiary/aromatic N) is 2. The molecule has 0 saturated heterocycles. The summed E-state index contributed by atoms with van der Waals surface area (Å²) in [6, 6.07) is 10.1. The fourth-order valence-electron chi connectivity index (χ4n) is 2.98. The normalized spacial score (nSPS) is 11.5. The van der Waals surface area contributed by atoms with E-state index in [-0.39, 0.29) is 25.5 Å². The molecule has 0 saturated carbocycles. The maximum atomic E-state index is 12.7. The van der Waals surface area contributed by atoms with E-state index >= 15 is 0 Å². The molecule has 0 spiro atoms. The molecular formula is C22H24F3N3O3. The van der Waals surface area contributed by atoms with Crippen LogP contribution in [0.1, 0.15) is 45.3 Å². The Kier molecular flexibility index (Phi) is 6.72. The second-order valence-corrected chi connectivity index (χ2v) is 7.32. The zero-order chi connectivity index (χ0) is 22.6. The highest BCUT2D eigenvalue weighted by Gasteiger charge is 2.34. The second-order valence-electron chi connectivity index (χ2n) is 7.32. The molecular weight excluding hydrogens is 411 g/mol. The number of amides is 1. The molecule has 166 valence electrons. The SMILES string of the molecule is Cc1ccc(C)c(OCc2ccc(C(=O)NCCCn3nc(C(F)(F)F)cc3C)o2)c1. The quantitative estimate of drug-likeness (QED) is 0.515. The van der Waals surface area contributed by atoms with E-state index in [0.717, 1.165) is 22.9 Å². The van der Waals surface area contributed by atoms with Crippen molar-refractivity contribution in [1.29, 1.82) is 0 Å². The van der Waals surface area contributed by atoms with Crippen molar-refractivity contribution in [3.8, 4) is 5.75 Å². The van der Waals surface area contributed by atoms with Crippen molar-refractivity contribution in [2.45, 2.75) is 46.5 Å². The molecule has 0 aliphatic carbocycles. The van der Waals surface area contributed by atoms with E-state index < -0.39 is 17.8 Å². The van der Waals surface area contributed by atoms with Gasteiger partial charge in [-0.2, -0.15) is 18.3 Å². The maximum Gasteiger partial charge on any atom is 0.435 e. The number of rotatable bonds is 8. The Hall–Kier alpha value is -3.23. The standard InChI is InChI=1S/C22H24F3N3O3/c1-14-5-6-15(2)19(11-14)30-13-17-7-8-18(31-17)21(29)26-9-4-10-28-16(3)12-20(27-28)22(23,24)25/h5-8,11-12H,4,9-10,13H2,1-3H3,(H,26,29). The van der Waals surface area contributed by atoms with Gasteiger partial charge in [0.1, 0.15) is 18.1 Å². The molecule has 0 radical (unpaired) electrons. The summed E-state index contributed by atoms with van der Waals surface area (Å²) < 4.78 is 50.7. The highest BCUT2D eigenvalue weighted by molar-refractivity contribution is 5.91. The Morgan fingerprint density at radius 2 is 1.94 bits per heavy atom. The number of ether oxygens (including phenoxy) is 1. The molecule has 3 aromatic rings. The van der Waals surface area contributed by atoms with E-state index in [1.807, 2.05) is 32.0 Å². The van der Waals surface area contributed by atoms with Crippen LogP contribution in [0, 0.1) is 20.8 Å². The monoisotopic (exact) mass is 435 g/mol. The van der Waals surface area contributed by atoms with E-state index in [4.69, 9.17) is 9.15 Å². The molecule has 1 amide bonds. The van der Waals surface area contributed by atoms with Gasteiger partial charge in [-0.1, -0.05) is 12.1 Å². The average Bonchev–Trinajstić information content (AvgIpc) is 3.32. The van der Waals surface area contributed by atoms with Crippen LogP contribution in [-0.4, -0.2) is 22.2 Å². The molecule has 3 rings (SSSR count). The molecule has 9 heteroatoms. The number of alkyl halides is 3. The number of hydrogen-bond acceptors (Lipinski definition) is 4. The van der Waals surface area contributed by atoms with Crippen molar-refractivity contribution >= 4 is 5.91 Å². The Bertz CT molecular complexity index is 1050. The number of hydrogen-bond donors (Lipinski definition) is 1. The summed E-state index contributed by atoms with van der Waals surface area (Å²) in [5.41, 5.74) is 1.59. The third-order valence-electron chi connectivity index (χ3n) is 4.70. The van der Waals surface area contributed by atoms with E-state index in [1.54, 1.807) is 19.1 Å². The second kappa shape index (κ2) is 9.28. The smallest absolute Gasteiger partial charge is 0.435 e. The average molecular weight is 435 g/mol. The van der Waals surface area contributed by atoms with E-state index in [2.05, 4.69) is 10.4 Å². The van der Waals surface area contributed by atoms with Crippen LogP contribution in [0.3, 0.4) is 0 Å². The number of carbonyl (C=O) groups excluding carboxylic acids is 1. The molecule has 2 aromatic heterocycles. The molecule has 0 fully saturated rings. The van der Waals surface area contributed by atoms with Crippen molar-refractivity contribution in [3.05, 3.63) is 70.4 Å². The first kappa shape index (κ1) is 22.5. The predicted octanol–water partition coefficient (Wildman–Crippen LogP) is 4.82. The molecule has 1 aromatic carbocycles. The summed E-state index contributed by atoms with van der Waals surface area (Å²) in [5, 5.41) is 6.26. The molecule has 0 aliphatic heterocycles. The number of halogens is 3. The van der Waals surface area contributed by atoms with Gasteiger partial charge in [-0.15, -0.1) is 0 Å². The van der Waals surface area contributed by atoms with Crippen molar-refractivity contribution in [1.82, 2.24) is 15.1 Å². The fourth-order valence-corrected chi connectivity index (χ4v) is 2.98. The highest BCUT2D eigenvalue weighted by Crippen LogP contribution is 2.28. The van der Waals surface area contributed by atoms with Crippen molar-refractivity contribution < 1.29 is 27.1 Å². The lowest BCUT2D eigenvalue weighted by Gasteiger charge is -2.08. The third kappa shape index (κ3) is 5.90. The topological polar surface area (TPSA) is 69.3 Å². The molecule has 31 heavy (non-hydrogen) atoms. The van der Waals surface area contributed by atoms with E-state index in [1.165, 1.54) is 4.68 Å². The molecule has 2 heterocycles. The minimum Gasteiger partial charge on any atom is -0.485 e. The Morgan fingerprint density at radius 1 is 1.16 bits per heavy atom. The first-order chi connectivity index (χ1) is 14.6. The van der Waals surface area contributed by atoms with Crippen molar-refractivity contribution in [2.24, 2.45) is 0 Å². The van der Waals surface area contributed by atoms with Gasteiger partial charge >= 0.3 is 6.18 Å². The number of carbonyl (C=O) groups is 1. The lowest BCUT2D eigenvalue weighted by molar-refractivity contribution is -0.141. The van der Waals surface area contributed by atoms with Crippen LogP contribution in [0.5, 0.6) is 5.75 Å². The summed E-state index contributed by atoms with van der Waals surface area (Å²) in [6.07, 6.45) is -4.04. The maximum absolute atomic E-state index is 12.7.